The van der Waals surface area contributed by atoms with Gasteiger partial charge in [-0.1, -0.05) is 33.6 Å². The van der Waals surface area contributed by atoms with Gasteiger partial charge in [-0.25, -0.2) is 0 Å². The number of esters is 2. The van der Waals surface area contributed by atoms with E-state index >= 15 is 0 Å². The van der Waals surface area contributed by atoms with Crippen LogP contribution < -0.4 is 0 Å². The van der Waals surface area contributed by atoms with Crippen molar-refractivity contribution in [1.29, 1.82) is 0 Å². The number of fused-ring (bicyclic) bond motifs is 2. The molecule has 0 aromatic heterocycles. The minimum absolute atomic E-state index is 0.0476. The predicted molar refractivity (Wildman–Crippen MR) is 156 cm³/mol. The number of rotatable bonds is 9. The topological polar surface area (TPSA) is 72.8 Å². The molecule has 3 fully saturated rings. The van der Waals surface area contributed by atoms with Crippen molar-refractivity contribution in [3.05, 3.63) is 0 Å². The lowest BCUT2D eigenvalue weighted by Gasteiger charge is -2.39. The molecule has 3 aliphatic carbocycles. The highest BCUT2D eigenvalue weighted by molar-refractivity contribution is 5.77. The highest BCUT2D eigenvalue weighted by atomic mass is 19.4. The van der Waals surface area contributed by atoms with Gasteiger partial charge in [-0.2, -0.15) is 39.5 Å². The molecular formula is C33H51F9O5. The predicted octanol–water partition coefficient (Wildman–Crippen LogP) is 9.74. The Hall–Kier alpha value is -1.73. The van der Waals surface area contributed by atoms with Crippen LogP contribution in [0, 0.1) is 40.4 Å². The van der Waals surface area contributed by atoms with Crippen molar-refractivity contribution in [3.63, 3.8) is 0 Å². The van der Waals surface area contributed by atoms with Crippen molar-refractivity contribution >= 4 is 11.9 Å². The summed E-state index contributed by atoms with van der Waals surface area (Å²) in [4.78, 5) is 24.3. The van der Waals surface area contributed by atoms with Crippen LogP contribution in [0.5, 0.6) is 0 Å². The van der Waals surface area contributed by atoms with Crippen LogP contribution >= 0.6 is 0 Å². The average Bonchev–Trinajstić information content (AvgIpc) is 3.51. The molecule has 2 bridgehead atoms. The molecule has 14 heteroatoms. The fourth-order valence-corrected chi connectivity index (χ4v) is 6.86. The molecule has 0 heterocycles. The van der Waals surface area contributed by atoms with Gasteiger partial charge in [0, 0.05) is 0 Å². The maximum Gasteiger partial charge on any atom is 0.426 e. The number of carbonyl (C=O) groups excluding carboxylic acids is 2. The fraction of sp³-hybridized carbons (Fsp3) is 0.939. The van der Waals surface area contributed by atoms with Crippen LogP contribution in [-0.4, -0.2) is 52.9 Å². The Morgan fingerprint density at radius 2 is 1.23 bits per heavy atom. The maximum atomic E-state index is 13.2. The van der Waals surface area contributed by atoms with Gasteiger partial charge in [0.25, 0.3) is 5.60 Å². The van der Waals surface area contributed by atoms with Crippen LogP contribution in [0.15, 0.2) is 0 Å². The quantitative estimate of drug-likeness (QED) is 0.192. The van der Waals surface area contributed by atoms with Crippen molar-refractivity contribution in [2.45, 2.75) is 155 Å². The van der Waals surface area contributed by atoms with Crippen LogP contribution in [0.3, 0.4) is 0 Å². The maximum absolute atomic E-state index is 13.2. The number of halogens is 9. The molecule has 1 N–H and O–H groups in total. The summed E-state index contributed by atoms with van der Waals surface area (Å²) in [6.07, 6.45) is -14.5. The largest absolute Gasteiger partial charge is 0.461 e. The van der Waals surface area contributed by atoms with Crippen molar-refractivity contribution in [2.24, 2.45) is 40.4 Å². The summed E-state index contributed by atoms with van der Waals surface area (Å²) in [7, 11) is 0. The van der Waals surface area contributed by atoms with E-state index in [9.17, 15) is 54.2 Å². The first-order valence-corrected chi connectivity index (χ1v) is 16.4. The Morgan fingerprint density at radius 3 is 1.64 bits per heavy atom. The number of hydrogen-bond acceptors (Lipinski definition) is 5. The summed E-state index contributed by atoms with van der Waals surface area (Å²) >= 11 is 0. The molecule has 0 aromatic rings. The van der Waals surface area contributed by atoms with E-state index in [2.05, 4.69) is 20.8 Å². The van der Waals surface area contributed by atoms with Crippen LogP contribution in [0.25, 0.3) is 0 Å². The molecule has 0 aliphatic heterocycles. The van der Waals surface area contributed by atoms with E-state index in [-0.39, 0.29) is 42.2 Å². The molecule has 3 saturated carbocycles. The molecule has 5 unspecified atom stereocenters. The second-order valence-electron chi connectivity index (χ2n) is 15.4. The molecule has 5 nitrogen and oxygen atoms in total. The van der Waals surface area contributed by atoms with Crippen molar-refractivity contribution < 1.29 is 63.7 Å². The van der Waals surface area contributed by atoms with Gasteiger partial charge >= 0.3 is 30.5 Å². The van der Waals surface area contributed by atoms with Crippen LogP contribution in [-0.2, 0) is 19.1 Å². The summed E-state index contributed by atoms with van der Waals surface area (Å²) in [6, 6.07) is 0. The molecule has 0 aromatic carbocycles. The molecule has 47 heavy (non-hydrogen) atoms. The molecule has 0 amide bonds. The lowest BCUT2D eigenvalue weighted by molar-refractivity contribution is -0.373. The highest BCUT2D eigenvalue weighted by Crippen LogP contribution is 2.56. The Kier molecular flexibility index (Phi) is 12.6. The fourth-order valence-electron chi connectivity index (χ4n) is 6.86. The summed E-state index contributed by atoms with van der Waals surface area (Å²) in [5.74, 6) is -2.95. The third-order valence-corrected chi connectivity index (χ3v) is 11.2. The molecule has 0 radical (unpaired) electrons. The van der Waals surface area contributed by atoms with Gasteiger partial charge in [0.1, 0.15) is 11.7 Å². The van der Waals surface area contributed by atoms with E-state index in [0.717, 1.165) is 19.3 Å². The zero-order chi connectivity index (χ0) is 36.6. The van der Waals surface area contributed by atoms with Crippen molar-refractivity contribution in [1.82, 2.24) is 0 Å². The van der Waals surface area contributed by atoms with Gasteiger partial charge in [-0.15, -0.1) is 0 Å². The molecule has 0 saturated heterocycles. The first-order chi connectivity index (χ1) is 21.1. The van der Waals surface area contributed by atoms with Gasteiger partial charge in [0.05, 0.1) is 5.41 Å². The van der Waals surface area contributed by atoms with Crippen LogP contribution in [0.2, 0.25) is 0 Å². The van der Waals surface area contributed by atoms with Gasteiger partial charge in [0.2, 0.25) is 0 Å². The van der Waals surface area contributed by atoms with E-state index in [1.807, 2.05) is 20.8 Å². The Bertz CT molecular complexity index is 1060. The second-order valence-corrected chi connectivity index (χ2v) is 15.4. The van der Waals surface area contributed by atoms with Gasteiger partial charge in [-0.3, -0.25) is 9.59 Å². The number of alkyl halides is 9. The lowest BCUT2D eigenvalue weighted by atomic mass is 9.75. The van der Waals surface area contributed by atoms with E-state index < -0.39 is 66.3 Å². The molecule has 3 aliphatic rings. The minimum atomic E-state index is -5.98. The summed E-state index contributed by atoms with van der Waals surface area (Å²) < 4.78 is 128. The third-order valence-electron chi connectivity index (χ3n) is 11.2. The molecule has 3 rings (SSSR count). The van der Waals surface area contributed by atoms with Crippen molar-refractivity contribution in [2.75, 3.05) is 0 Å². The Balaban J connectivity index is 0.000000366. The zero-order valence-electron chi connectivity index (χ0n) is 28.5. The smallest absolute Gasteiger partial charge is 0.426 e. The number of aliphatic hydroxyl groups is 1. The zero-order valence-corrected chi connectivity index (χ0v) is 28.5. The minimum Gasteiger partial charge on any atom is -0.461 e. The van der Waals surface area contributed by atoms with Gasteiger partial charge < -0.3 is 14.6 Å². The van der Waals surface area contributed by atoms with Crippen molar-refractivity contribution in [3.8, 4) is 0 Å². The molecule has 0 spiro atoms. The highest BCUT2D eigenvalue weighted by Gasteiger charge is 2.71. The third kappa shape index (κ3) is 9.09. The van der Waals surface area contributed by atoms with E-state index in [1.165, 1.54) is 25.7 Å². The van der Waals surface area contributed by atoms with Crippen LogP contribution in [0.1, 0.15) is 120 Å². The number of ether oxygens (including phenoxy) is 2. The number of carbonyl (C=O) groups is 2. The standard InChI is InChI=1S/C17H21F9O3.C16H30O2/c1-3-13(2,15(18,19)20)12(27)29-11-6-8-4-9(10(11)5-8)7-14(28,16(21,22)23)17(24,25)26;1-7-15(3,4)14(17)18-16(5,6)13-10-8-12(2)9-11-13/h8-11,28H,3-7H2,1-2H3;12-13H,7-11H2,1-6H3. The summed E-state index contributed by atoms with van der Waals surface area (Å²) in [5.41, 5.74) is -8.44. The normalized spacial score (nSPS) is 28.6. The average molecular weight is 699 g/mol. The summed E-state index contributed by atoms with van der Waals surface area (Å²) in [5, 5.41) is 9.41. The first kappa shape index (κ1) is 41.4. The monoisotopic (exact) mass is 698 g/mol. The summed E-state index contributed by atoms with van der Waals surface area (Å²) in [6.45, 7) is 14.2. The molecule has 276 valence electrons. The Labute approximate surface area is 271 Å². The second kappa shape index (κ2) is 14.2. The molecule has 5 atom stereocenters. The number of hydrogen-bond donors (Lipinski definition) is 1. The van der Waals surface area contributed by atoms with E-state index in [4.69, 9.17) is 9.47 Å². The molecular weight excluding hydrogens is 647 g/mol. The lowest BCUT2D eigenvalue weighted by Crippen LogP contribution is -2.58. The van der Waals surface area contributed by atoms with Gasteiger partial charge in [0.15, 0.2) is 5.41 Å². The SMILES string of the molecule is CCC(C)(C(=O)OC1CC2CC(CC(O)(C(F)(F)F)C(F)(F)F)C1C2)C(F)(F)F.CCC(C)(C)C(=O)OC(C)(C)C1CCC(C)CC1. The van der Waals surface area contributed by atoms with E-state index in [0.29, 0.717) is 12.8 Å². The Morgan fingerprint density at radius 1 is 0.723 bits per heavy atom. The van der Waals surface area contributed by atoms with Crippen LogP contribution in [0.4, 0.5) is 39.5 Å². The van der Waals surface area contributed by atoms with Gasteiger partial charge in [-0.05, 0) is 116 Å². The van der Waals surface area contributed by atoms with E-state index in [1.54, 1.807) is 0 Å². The first-order valence-electron chi connectivity index (χ1n) is 16.4.